The molecule has 1 N–H and O–H groups in total. The van der Waals surface area contributed by atoms with Gasteiger partial charge < -0.3 is 10.2 Å². The van der Waals surface area contributed by atoms with Gasteiger partial charge in [-0.3, -0.25) is 13.9 Å². The third-order valence-electron chi connectivity index (χ3n) is 5.95. The minimum Gasteiger partial charge on any atom is -0.352 e. The highest BCUT2D eigenvalue weighted by atomic mass is 35.5. The fourth-order valence-corrected chi connectivity index (χ4v) is 5.08. The summed E-state index contributed by atoms with van der Waals surface area (Å²) in [5.74, 6) is -1.28. The van der Waals surface area contributed by atoms with Gasteiger partial charge in [-0.15, -0.1) is 0 Å². The van der Waals surface area contributed by atoms with Crippen LogP contribution in [0, 0.1) is 0 Å². The van der Waals surface area contributed by atoms with Crippen molar-refractivity contribution in [1.29, 1.82) is 0 Å². The molecule has 0 spiro atoms. The van der Waals surface area contributed by atoms with E-state index in [2.05, 4.69) is 5.32 Å². The van der Waals surface area contributed by atoms with Gasteiger partial charge in [0.15, 0.2) is 0 Å². The number of carbonyl (C=O) groups is 2. The van der Waals surface area contributed by atoms with Crippen LogP contribution in [0.4, 0.5) is 18.9 Å². The fraction of sp³-hybridized carbons (Fsp3) is 0.440. The Morgan fingerprint density at radius 2 is 1.59 bits per heavy atom. The number of anilines is 1. The summed E-state index contributed by atoms with van der Waals surface area (Å²) in [6.07, 6.45) is -3.30. The maximum atomic E-state index is 13.7. The molecule has 0 aromatic heterocycles. The second kappa shape index (κ2) is 13.4. The molecule has 2 rings (SSSR count). The molecule has 216 valence electrons. The molecule has 0 bridgehead atoms. The molecule has 0 aliphatic carbocycles. The first-order valence-corrected chi connectivity index (χ1v) is 14.9. The minimum absolute atomic E-state index is 0.145. The van der Waals surface area contributed by atoms with Gasteiger partial charge in [0.2, 0.25) is 21.8 Å². The fourth-order valence-electron chi connectivity index (χ4n) is 3.69. The molecule has 2 atom stereocenters. The average Bonchev–Trinajstić information content (AvgIpc) is 2.83. The lowest BCUT2D eigenvalue weighted by molar-refractivity contribution is -0.140. The van der Waals surface area contributed by atoms with E-state index >= 15 is 0 Å². The number of amides is 2. The number of nitrogens with zero attached hydrogens (tertiary/aromatic N) is 2. The topological polar surface area (TPSA) is 86.8 Å². The first-order valence-electron chi connectivity index (χ1n) is 11.9. The van der Waals surface area contributed by atoms with E-state index in [1.807, 2.05) is 6.92 Å². The number of sulfonamides is 1. The molecule has 0 heterocycles. The summed E-state index contributed by atoms with van der Waals surface area (Å²) >= 11 is 17.8. The van der Waals surface area contributed by atoms with Crippen molar-refractivity contribution in [3.63, 3.8) is 0 Å². The van der Waals surface area contributed by atoms with Crippen LogP contribution < -0.4 is 9.62 Å². The van der Waals surface area contributed by atoms with Gasteiger partial charge in [0, 0.05) is 12.6 Å². The molecule has 2 aromatic carbocycles. The van der Waals surface area contributed by atoms with Gasteiger partial charge in [0.05, 0.1) is 32.6 Å². The zero-order valence-electron chi connectivity index (χ0n) is 21.7. The summed E-state index contributed by atoms with van der Waals surface area (Å²) in [4.78, 5) is 28.0. The Kier molecular flexibility index (Phi) is 11.4. The van der Waals surface area contributed by atoms with Gasteiger partial charge in [0.1, 0.15) is 12.6 Å². The van der Waals surface area contributed by atoms with E-state index in [0.717, 1.165) is 18.4 Å². The summed E-state index contributed by atoms with van der Waals surface area (Å²) in [6, 6.07) is 5.94. The summed E-state index contributed by atoms with van der Waals surface area (Å²) < 4.78 is 66.3. The van der Waals surface area contributed by atoms with Crippen LogP contribution >= 0.6 is 34.8 Å². The third-order valence-corrected chi connectivity index (χ3v) is 8.16. The Hall–Kier alpha value is -2.21. The van der Waals surface area contributed by atoms with Crippen LogP contribution in [-0.2, 0) is 32.3 Å². The Labute approximate surface area is 241 Å². The number of hydrogen-bond acceptors (Lipinski definition) is 4. The molecule has 39 heavy (non-hydrogen) atoms. The number of nitrogens with one attached hydrogen (secondary N) is 1. The van der Waals surface area contributed by atoms with Crippen LogP contribution in [0.3, 0.4) is 0 Å². The van der Waals surface area contributed by atoms with Crippen LogP contribution in [0.15, 0.2) is 36.4 Å². The molecule has 0 radical (unpaired) electrons. The first-order chi connectivity index (χ1) is 18.0. The molecule has 0 aliphatic heterocycles. The molecule has 7 nitrogen and oxygen atoms in total. The first kappa shape index (κ1) is 33.0. The summed E-state index contributed by atoms with van der Waals surface area (Å²) in [5.41, 5.74) is -1.16. The van der Waals surface area contributed by atoms with Crippen molar-refractivity contribution >= 4 is 62.3 Å². The molecule has 14 heteroatoms. The van der Waals surface area contributed by atoms with E-state index in [-0.39, 0.29) is 29.1 Å². The van der Waals surface area contributed by atoms with Crippen molar-refractivity contribution in [1.82, 2.24) is 10.2 Å². The van der Waals surface area contributed by atoms with E-state index in [1.165, 1.54) is 17.0 Å². The smallest absolute Gasteiger partial charge is 0.352 e. The lowest BCUT2D eigenvalue weighted by Gasteiger charge is -2.33. The van der Waals surface area contributed by atoms with Crippen molar-refractivity contribution in [2.45, 2.75) is 58.4 Å². The summed E-state index contributed by atoms with van der Waals surface area (Å²) in [7, 11) is -4.25. The monoisotopic (exact) mass is 629 g/mol. The SMILES string of the molecule is CC[C@H](C(=O)N[C@@H](C)CC)N(Cc1ccc(Cl)c(Cl)c1)C(=O)CN(c1ccc(Cl)c(C(F)(F)F)c1)S(C)(=O)=O. The molecule has 0 aliphatic rings. The van der Waals surface area contributed by atoms with Gasteiger partial charge in [-0.1, -0.05) is 54.7 Å². The zero-order valence-corrected chi connectivity index (χ0v) is 24.7. The molecule has 0 saturated heterocycles. The van der Waals surface area contributed by atoms with Crippen LogP contribution in [0.1, 0.15) is 44.7 Å². The zero-order chi connectivity index (χ0) is 29.7. The maximum absolute atomic E-state index is 13.7. The lowest BCUT2D eigenvalue weighted by atomic mass is 10.1. The van der Waals surface area contributed by atoms with Crippen molar-refractivity contribution in [3.05, 3.63) is 62.6 Å². The van der Waals surface area contributed by atoms with Crippen molar-refractivity contribution in [2.24, 2.45) is 0 Å². The Balaban J connectivity index is 2.55. The third kappa shape index (κ3) is 8.89. The highest BCUT2D eigenvalue weighted by molar-refractivity contribution is 7.92. The normalized spacial score (nSPS) is 13.5. The second-order valence-corrected chi connectivity index (χ2v) is 12.1. The number of halogens is 6. The quantitative estimate of drug-likeness (QED) is 0.323. The Morgan fingerprint density at radius 1 is 0.974 bits per heavy atom. The Morgan fingerprint density at radius 3 is 2.10 bits per heavy atom. The number of rotatable bonds is 11. The van der Waals surface area contributed by atoms with Crippen LogP contribution in [-0.4, -0.2) is 50.0 Å². The largest absolute Gasteiger partial charge is 0.417 e. The molecular weight excluding hydrogens is 602 g/mol. The summed E-state index contributed by atoms with van der Waals surface area (Å²) in [6.45, 7) is 4.33. The van der Waals surface area contributed by atoms with Gasteiger partial charge in [-0.05, 0) is 55.7 Å². The van der Waals surface area contributed by atoms with Crippen LogP contribution in [0.5, 0.6) is 0 Å². The number of benzene rings is 2. The van der Waals surface area contributed by atoms with E-state index in [4.69, 9.17) is 34.8 Å². The van der Waals surface area contributed by atoms with Gasteiger partial charge in [-0.2, -0.15) is 13.2 Å². The second-order valence-electron chi connectivity index (χ2n) is 8.94. The van der Waals surface area contributed by atoms with E-state index in [9.17, 15) is 31.2 Å². The predicted molar refractivity (Wildman–Crippen MR) is 148 cm³/mol. The van der Waals surface area contributed by atoms with Gasteiger partial charge >= 0.3 is 6.18 Å². The van der Waals surface area contributed by atoms with E-state index in [1.54, 1.807) is 19.9 Å². The molecular formula is C25H29Cl3F3N3O4S. The number of alkyl halides is 3. The number of carbonyl (C=O) groups excluding carboxylic acids is 2. The van der Waals surface area contributed by atoms with Crippen molar-refractivity contribution in [3.8, 4) is 0 Å². The highest BCUT2D eigenvalue weighted by Crippen LogP contribution is 2.37. The average molecular weight is 631 g/mol. The molecule has 0 fully saturated rings. The molecule has 2 amide bonds. The van der Waals surface area contributed by atoms with Crippen LogP contribution in [0.2, 0.25) is 15.1 Å². The molecule has 0 unspecified atom stereocenters. The van der Waals surface area contributed by atoms with Crippen molar-refractivity contribution in [2.75, 3.05) is 17.1 Å². The minimum atomic E-state index is -4.86. The summed E-state index contributed by atoms with van der Waals surface area (Å²) in [5, 5.41) is 2.67. The maximum Gasteiger partial charge on any atom is 0.417 e. The standard InChI is InChI=1S/C25H29Cl3F3N3O4S/c1-5-15(3)32-24(36)22(6-2)33(13-16-7-9-20(27)21(28)11-16)23(35)14-34(39(4,37)38)17-8-10-19(26)18(12-17)25(29,30)31/h7-12,15,22H,5-6,13-14H2,1-4H3,(H,32,36)/t15-,22+/m0/s1. The number of hydrogen-bond donors (Lipinski definition) is 1. The van der Waals surface area contributed by atoms with Crippen LogP contribution in [0.25, 0.3) is 0 Å². The predicted octanol–water partition coefficient (Wildman–Crippen LogP) is 6.15. The highest BCUT2D eigenvalue weighted by Gasteiger charge is 2.36. The van der Waals surface area contributed by atoms with E-state index in [0.29, 0.717) is 22.4 Å². The Bertz CT molecular complexity index is 1310. The van der Waals surface area contributed by atoms with E-state index < -0.39 is 56.9 Å². The van der Waals surface area contributed by atoms with Gasteiger partial charge in [-0.25, -0.2) is 8.42 Å². The van der Waals surface area contributed by atoms with Crippen molar-refractivity contribution < 1.29 is 31.2 Å². The van der Waals surface area contributed by atoms with Gasteiger partial charge in [0.25, 0.3) is 0 Å². The molecule has 2 aromatic rings. The lowest BCUT2D eigenvalue weighted by Crippen LogP contribution is -2.53. The molecule has 0 saturated carbocycles.